The third kappa shape index (κ3) is 3.66. The average molecular weight is 383 g/mol. The van der Waals surface area contributed by atoms with Crippen LogP contribution in [0.4, 0.5) is 0 Å². The van der Waals surface area contributed by atoms with Crippen molar-refractivity contribution in [2.24, 2.45) is 0 Å². The van der Waals surface area contributed by atoms with E-state index >= 15 is 0 Å². The number of hydrogen-bond donors (Lipinski definition) is 2. The molecule has 1 fully saturated rings. The fourth-order valence-corrected chi connectivity index (χ4v) is 3.66. The number of aromatic nitrogens is 2. The average Bonchev–Trinajstić information content (AvgIpc) is 3.32. The molecule has 2 amide bonds. The molecule has 7 heteroatoms. The van der Waals surface area contributed by atoms with Gasteiger partial charge in [0.15, 0.2) is 0 Å². The summed E-state index contributed by atoms with van der Waals surface area (Å²) in [6.07, 6.45) is 1.77. The number of imidazole rings is 1. The summed E-state index contributed by atoms with van der Waals surface area (Å²) in [7, 11) is 0. The van der Waals surface area contributed by atoms with E-state index in [1.165, 1.54) is 0 Å². The van der Waals surface area contributed by atoms with Crippen molar-refractivity contribution in [1.82, 2.24) is 20.2 Å². The molecule has 0 spiro atoms. The Labute approximate surface area is 161 Å². The highest BCUT2D eigenvalue weighted by Crippen LogP contribution is 2.31. The lowest BCUT2D eigenvalue weighted by atomic mass is 10.2. The first-order chi connectivity index (χ1) is 13.1. The zero-order valence-electron chi connectivity index (χ0n) is 14.6. The molecule has 0 radical (unpaired) electrons. The summed E-state index contributed by atoms with van der Waals surface area (Å²) in [5.74, 6) is 0.363. The second-order valence-electron chi connectivity index (χ2n) is 6.58. The van der Waals surface area contributed by atoms with Crippen molar-refractivity contribution in [1.29, 1.82) is 0 Å². The molecule has 2 N–H and O–H groups in total. The van der Waals surface area contributed by atoms with Crippen LogP contribution in [0.2, 0.25) is 5.02 Å². The predicted octanol–water partition coefficient (Wildman–Crippen LogP) is 3.31. The summed E-state index contributed by atoms with van der Waals surface area (Å²) in [4.78, 5) is 34.6. The van der Waals surface area contributed by atoms with E-state index in [1.807, 2.05) is 24.3 Å². The minimum Gasteiger partial charge on any atom is -0.343 e. The topological polar surface area (TPSA) is 78.1 Å². The number of amides is 2. The molecular weight excluding hydrogens is 364 g/mol. The Balaban J connectivity index is 1.44. The van der Waals surface area contributed by atoms with Gasteiger partial charge in [0, 0.05) is 17.1 Å². The summed E-state index contributed by atoms with van der Waals surface area (Å²) < 4.78 is 0. The second kappa shape index (κ2) is 7.40. The van der Waals surface area contributed by atoms with Crippen LogP contribution in [0.25, 0.3) is 11.0 Å². The highest BCUT2D eigenvalue weighted by atomic mass is 35.5. The van der Waals surface area contributed by atoms with Gasteiger partial charge in [-0.2, -0.15) is 0 Å². The standard InChI is InChI=1S/C20H19ClN4O2/c21-14-6-3-5-13(11-14)20(27)22-12-18(26)25-10-4-9-17(25)19-23-15-7-1-2-8-16(15)24-19/h1-3,5-8,11,17H,4,9-10,12H2,(H,22,27)(H,23,24). The quantitative estimate of drug-likeness (QED) is 0.726. The molecule has 0 aliphatic carbocycles. The smallest absolute Gasteiger partial charge is 0.251 e. The number of aromatic amines is 1. The van der Waals surface area contributed by atoms with E-state index in [0.717, 1.165) is 29.7 Å². The summed E-state index contributed by atoms with van der Waals surface area (Å²) in [6, 6.07) is 14.4. The van der Waals surface area contributed by atoms with Crippen LogP contribution < -0.4 is 5.32 Å². The molecular formula is C20H19ClN4O2. The van der Waals surface area contributed by atoms with Crippen molar-refractivity contribution in [3.63, 3.8) is 0 Å². The third-order valence-corrected chi connectivity index (χ3v) is 5.02. The number of para-hydroxylation sites is 2. The van der Waals surface area contributed by atoms with Crippen LogP contribution in [0.15, 0.2) is 48.5 Å². The van der Waals surface area contributed by atoms with Gasteiger partial charge in [0.25, 0.3) is 5.91 Å². The number of likely N-dealkylation sites (tertiary alicyclic amines) is 1. The molecule has 1 aromatic heterocycles. The zero-order valence-corrected chi connectivity index (χ0v) is 15.4. The van der Waals surface area contributed by atoms with Crippen molar-refractivity contribution in [2.45, 2.75) is 18.9 Å². The molecule has 3 aromatic rings. The Morgan fingerprint density at radius 2 is 2.07 bits per heavy atom. The van der Waals surface area contributed by atoms with Crippen LogP contribution in [-0.2, 0) is 4.79 Å². The van der Waals surface area contributed by atoms with E-state index in [2.05, 4.69) is 15.3 Å². The van der Waals surface area contributed by atoms with E-state index < -0.39 is 0 Å². The maximum Gasteiger partial charge on any atom is 0.251 e. The molecule has 2 heterocycles. The minimum absolute atomic E-state index is 0.0535. The second-order valence-corrected chi connectivity index (χ2v) is 7.01. The first-order valence-corrected chi connectivity index (χ1v) is 9.27. The third-order valence-electron chi connectivity index (χ3n) is 4.78. The van der Waals surface area contributed by atoms with Crippen molar-refractivity contribution in [3.05, 3.63) is 64.9 Å². The Hall–Kier alpha value is -2.86. The van der Waals surface area contributed by atoms with Crippen molar-refractivity contribution in [3.8, 4) is 0 Å². The monoisotopic (exact) mass is 382 g/mol. The molecule has 2 aromatic carbocycles. The summed E-state index contributed by atoms with van der Waals surface area (Å²) in [5.41, 5.74) is 2.28. The number of benzene rings is 2. The largest absolute Gasteiger partial charge is 0.343 e. The number of rotatable bonds is 4. The van der Waals surface area contributed by atoms with Crippen LogP contribution in [0.5, 0.6) is 0 Å². The zero-order chi connectivity index (χ0) is 18.8. The Bertz CT molecular complexity index is 967. The van der Waals surface area contributed by atoms with Crippen LogP contribution in [0.3, 0.4) is 0 Å². The van der Waals surface area contributed by atoms with E-state index in [0.29, 0.717) is 17.1 Å². The SMILES string of the molecule is O=C(NCC(=O)N1CCCC1c1nc2ccccc2[nH]1)c1cccc(Cl)c1. The van der Waals surface area contributed by atoms with Crippen molar-refractivity contribution < 1.29 is 9.59 Å². The van der Waals surface area contributed by atoms with E-state index in [9.17, 15) is 9.59 Å². The molecule has 4 rings (SSSR count). The fourth-order valence-electron chi connectivity index (χ4n) is 3.47. The van der Waals surface area contributed by atoms with Gasteiger partial charge in [-0.05, 0) is 43.2 Å². The van der Waals surface area contributed by atoms with Gasteiger partial charge >= 0.3 is 0 Å². The molecule has 1 atom stereocenters. The van der Waals surface area contributed by atoms with Gasteiger partial charge in [0.1, 0.15) is 5.82 Å². The highest BCUT2D eigenvalue weighted by molar-refractivity contribution is 6.31. The number of carbonyl (C=O) groups is 2. The normalized spacial score (nSPS) is 16.6. The lowest BCUT2D eigenvalue weighted by Crippen LogP contribution is -2.40. The molecule has 0 bridgehead atoms. The molecule has 1 aliphatic heterocycles. The molecule has 0 saturated carbocycles. The van der Waals surface area contributed by atoms with Crippen LogP contribution in [-0.4, -0.2) is 39.8 Å². The number of fused-ring (bicyclic) bond motifs is 1. The van der Waals surface area contributed by atoms with Gasteiger partial charge in [-0.15, -0.1) is 0 Å². The first kappa shape index (κ1) is 17.5. The Morgan fingerprint density at radius 3 is 2.89 bits per heavy atom. The van der Waals surface area contributed by atoms with Gasteiger partial charge < -0.3 is 15.2 Å². The lowest BCUT2D eigenvalue weighted by molar-refractivity contribution is -0.131. The Kier molecular flexibility index (Phi) is 4.81. The molecule has 138 valence electrons. The van der Waals surface area contributed by atoms with Gasteiger partial charge in [-0.3, -0.25) is 9.59 Å². The molecule has 1 unspecified atom stereocenters. The van der Waals surface area contributed by atoms with Gasteiger partial charge in [-0.1, -0.05) is 29.8 Å². The number of H-pyrrole nitrogens is 1. The van der Waals surface area contributed by atoms with E-state index in [4.69, 9.17) is 11.6 Å². The summed E-state index contributed by atoms with van der Waals surface area (Å²) >= 11 is 5.91. The van der Waals surface area contributed by atoms with Crippen molar-refractivity contribution in [2.75, 3.05) is 13.1 Å². The molecule has 27 heavy (non-hydrogen) atoms. The van der Waals surface area contributed by atoms with E-state index in [1.54, 1.807) is 29.2 Å². The predicted molar refractivity (Wildman–Crippen MR) is 104 cm³/mol. The van der Waals surface area contributed by atoms with Crippen LogP contribution in [0, 0.1) is 0 Å². The maximum absolute atomic E-state index is 12.7. The molecule has 1 aliphatic rings. The van der Waals surface area contributed by atoms with Crippen LogP contribution >= 0.6 is 11.6 Å². The van der Waals surface area contributed by atoms with Crippen molar-refractivity contribution >= 4 is 34.4 Å². The number of nitrogens with zero attached hydrogens (tertiary/aromatic N) is 2. The minimum atomic E-state index is -0.315. The van der Waals surface area contributed by atoms with Gasteiger partial charge in [0.2, 0.25) is 5.91 Å². The summed E-state index contributed by atoms with van der Waals surface area (Å²) in [6.45, 7) is 0.607. The maximum atomic E-state index is 12.7. The number of hydrogen-bond acceptors (Lipinski definition) is 3. The molecule has 1 saturated heterocycles. The number of halogens is 1. The van der Waals surface area contributed by atoms with Gasteiger partial charge in [0.05, 0.1) is 23.6 Å². The number of nitrogens with one attached hydrogen (secondary N) is 2. The fraction of sp³-hybridized carbons (Fsp3) is 0.250. The molecule has 6 nitrogen and oxygen atoms in total. The highest BCUT2D eigenvalue weighted by Gasteiger charge is 2.32. The Morgan fingerprint density at radius 1 is 1.22 bits per heavy atom. The first-order valence-electron chi connectivity index (χ1n) is 8.90. The van der Waals surface area contributed by atoms with Crippen LogP contribution in [0.1, 0.15) is 35.1 Å². The van der Waals surface area contributed by atoms with Gasteiger partial charge in [-0.25, -0.2) is 4.98 Å². The summed E-state index contributed by atoms with van der Waals surface area (Å²) in [5, 5.41) is 3.17. The van der Waals surface area contributed by atoms with E-state index in [-0.39, 0.29) is 24.4 Å². The number of carbonyl (C=O) groups excluding carboxylic acids is 2. The lowest BCUT2D eigenvalue weighted by Gasteiger charge is -2.23.